The largest absolute Gasteiger partial charge is 0.573 e. The van der Waals surface area contributed by atoms with E-state index in [0.717, 1.165) is 44.7 Å². The number of nitrogens with one attached hydrogen (secondary N) is 1. The van der Waals surface area contributed by atoms with Gasteiger partial charge in [0.2, 0.25) is 11.7 Å². The van der Waals surface area contributed by atoms with Gasteiger partial charge in [0.25, 0.3) is 0 Å². The van der Waals surface area contributed by atoms with Gasteiger partial charge in [0.1, 0.15) is 23.9 Å². The molecule has 18 heteroatoms. The molecule has 5 atom stereocenters. The van der Waals surface area contributed by atoms with Crippen LogP contribution in [0.25, 0.3) is 11.3 Å². The standard InChI is InChI=1S/C27H23F6N3O8S/c1-12(37)40-11-21-24(41-13(2)38)23(36-10-20(34-35-36)15-8-18(28)22(30)19(29)9-15)25(42-14(3)39)26(43-21)45-17-6-4-16(5-7-17)44-27(31,32)33/h4-10,21,23-26H,11H2,1-3H3/p+1/t21?,23-,24-,25?,26+/m0/s1. The zero-order valence-corrected chi connectivity index (χ0v) is 24.3. The lowest BCUT2D eigenvalue weighted by Crippen LogP contribution is -2.65. The van der Waals surface area contributed by atoms with E-state index in [-0.39, 0.29) is 11.3 Å². The third-order valence-corrected chi connectivity index (χ3v) is 7.29. The molecular weight excluding hydrogens is 640 g/mol. The first kappa shape index (κ1) is 33.6. The molecule has 4 rings (SSSR count). The maximum absolute atomic E-state index is 14.0. The van der Waals surface area contributed by atoms with Crippen molar-refractivity contribution in [1.82, 2.24) is 10.3 Å². The Morgan fingerprint density at radius 1 is 0.956 bits per heavy atom. The fourth-order valence-corrected chi connectivity index (χ4v) is 5.55. The van der Waals surface area contributed by atoms with Crippen LogP contribution < -0.4 is 9.42 Å². The average molecular weight is 665 g/mol. The summed E-state index contributed by atoms with van der Waals surface area (Å²) in [6, 6.07) is 4.83. The van der Waals surface area contributed by atoms with E-state index in [2.05, 4.69) is 15.0 Å². The normalized spacial score (nSPS) is 21.6. The van der Waals surface area contributed by atoms with Crippen molar-refractivity contribution < 1.29 is 69.1 Å². The Morgan fingerprint density at radius 3 is 2.11 bits per heavy atom. The number of benzene rings is 2. The summed E-state index contributed by atoms with van der Waals surface area (Å²) in [5, 5.41) is 6.59. The van der Waals surface area contributed by atoms with Gasteiger partial charge in [-0.1, -0.05) is 17.0 Å². The number of esters is 3. The van der Waals surface area contributed by atoms with Crippen LogP contribution in [0.15, 0.2) is 47.5 Å². The predicted octanol–water partition coefficient (Wildman–Crippen LogP) is 4.16. The Kier molecular flexibility index (Phi) is 10.3. The number of ether oxygens (including phenoxy) is 5. The number of H-pyrrole nitrogens is 1. The number of carbonyl (C=O) groups excluding carboxylic acids is 3. The monoisotopic (exact) mass is 664 g/mol. The van der Waals surface area contributed by atoms with Crippen LogP contribution in [0.2, 0.25) is 0 Å². The lowest BCUT2D eigenvalue weighted by molar-refractivity contribution is -0.792. The topological polar surface area (TPSA) is 130 Å². The number of hydrogen-bond acceptors (Lipinski definition) is 10. The van der Waals surface area contributed by atoms with Gasteiger partial charge in [-0.15, -0.1) is 13.2 Å². The maximum atomic E-state index is 14.0. The number of rotatable bonds is 9. The van der Waals surface area contributed by atoms with E-state index < -0.39 is 83.9 Å². The highest BCUT2D eigenvalue weighted by atomic mass is 32.2. The third kappa shape index (κ3) is 8.65. The van der Waals surface area contributed by atoms with Gasteiger partial charge in [-0.2, -0.15) is 4.68 Å². The van der Waals surface area contributed by atoms with E-state index in [1.165, 1.54) is 23.0 Å². The fraction of sp³-hybridized carbons (Fsp3) is 0.370. The van der Waals surface area contributed by atoms with Gasteiger partial charge in [0.05, 0.1) is 0 Å². The summed E-state index contributed by atoms with van der Waals surface area (Å²) in [7, 11) is 0. The molecule has 1 fully saturated rings. The van der Waals surface area contributed by atoms with Gasteiger partial charge in [-0.25, -0.2) is 13.2 Å². The molecule has 0 spiro atoms. The summed E-state index contributed by atoms with van der Waals surface area (Å²) in [6.45, 7) is 2.83. The molecule has 1 aliphatic rings. The second-order valence-corrected chi connectivity index (χ2v) is 10.7. The predicted molar refractivity (Wildman–Crippen MR) is 139 cm³/mol. The van der Waals surface area contributed by atoms with Gasteiger partial charge in [0, 0.05) is 36.3 Å². The minimum absolute atomic E-state index is 0.0940. The van der Waals surface area contributed by atoms with Gasteiger partial charge in [0.15, 0.2) is 35.9 Å². The first-order valence-corrected chi connectivity index (χ1v) is 13.8. The number of nitrogens with zero attached hydrogens (tertiary/aromatic N) is 2. The third-order valence-electron chi connectivity index (χ3n) is 6.13. The van der Waals surface area contributed by atoms with Crippen molar-refractivity contribution in [3.63, 3.8) is 0 Å². The van der Waals surface area contributed by atoms with Gasteiger partial charge in [-0.3, -0.25) is 14.4 Å². The van der Waals surface area contributed by atoms with Gasteiger partial charge < -0.3 is 23.7 Å². The molecule has 242 valence electrons. The van der Waals surface area contributed by atoms with E-state index in [1.807, 2.05) is 0 Å². The van der Waals surface area contributed by atoms with E-state index in [9.17, 15) is 40.7 Å². The molecule has 1 N–H and O–H groups in total. The van der Waals surface area contributed by atoms with Crippen LogP contribution in [0.5, 0.6) is 5.75 Å². The summed E-state index contributed by atoms with van der Waals surface area (Å²) < 4.78 is 107. The molecular formula is C27H24F6N3O8S+. The molecule has 3 aromatic rings. The van der Waals surface area contributed by atoms with Crippen molar-refractivity contribution in [2.24, 2.45) is 0 Å². The lowest BCUT2D eigenvalue weighted by atomic mass is 9.96. The first-order valence-electron chi connectivity index (χ1n) is 12.9. The van der Waals surface area contributed by atoms with Crippen LogP contribution >= 0.6 is 11.8 Å². The number of thioether (sulfide) groups is 1. The van der Waals surface area contributed by atoms with Crippen molar-refractivity contribution in [2.75, 3.05) is 6.61 Å². The highest BCUT2D eigenvalue weighted by Gasteiger charge is 2.54. The molecule has 1 aliphatic heterocycles. The van der Waals surface area contributed by atoms with Crippen LogP contribution in [0, 0.1) is 17.5 Å². The van der Waals surface area contributed by atoms with Crippen molar-refractivity contribution in [3.05, 3.63) is 60.0 Å². The molecule has 1 aromatic heterocycles. The lowest BCUT2D eigenvalue weighted by Gasteiger charge is -2.42. The number of alkyl halides is 3. The van der Waals surface area contributed by atoms with Crippen LogP contribution in [0.3, 0.4) is 0 Å². The Labute approximate surface area is 254 Å². The minimum Gasteiger partial charge on any atom is -0.463 e. The average Bonchev–Trinajstić information content (AvgIpc) is 3.41. The summed E-state index contributed by atoms with van der Waals surface area (Å²) in [4.78, 5) is 36.5. The zero-order valence-electron chi connectivity index (χ0n) is 23.5. The van der Waals surface area contributed by atoms with Gasteiger partial charge in [-0.05, 0) is 36.4 Å². The minimum atomic E-state index is -4.92. The number of aromatic amines is 1. The van der Waals surface area contributed by atoms with E-state index >= 15 is 0 Å². The highest BCUT2D eigenvalue weighted by Crippen LogP contribution is 2.40. The Hall–Kier alpha value is -4.32. The number of carbonyl (C=O) groups is 3. The number of hydrogen-bond donors (Lipinski definition) is 1. The van der Waals surface area contributed by atoms with E-state index in [0.29, 0.717) is 17.0 Å². The molecule has 45 heavy (non-hydrogen) atoms. The molecule has 2 unspecified atom stereocenters. The highest BCUT2D eigenvalue weighted by molar-refractivity contribution is 7.99. The smallest absolute Gasteiger partial charge is 0.463 e. The van der Waals surface area contributed by atoms with Crippen LogP contribution in [-0.2, 0) is 33.3 Å². The fourth-order valence-electron chi connectivity index (χ4n) is 4.44. The van der Waals surface area contributed by atoms with Crippen molar-refractivity contribution in [2.45, 2.75) is 61.8 Å². The quantitative estimate of drug-likeness (QED) is 0.117. The molecule has 0 bridgehead atoms. The summed E-state index contributed by atoms with van der Waals surface area (Å²) >= 11 is 0.902. The zero-order chi connectivity index (χ0) is 33.1. The second kappa shape index (κ2) is 13.8. The Morgan fingerprint density at radius 2 is 1.56 bits per heavy atom. The van der Waals surface area contributed by atoms with Crippen LogP contribution in [0.4, 0.5) is 26.3 Å². The SMILES string of the molecule is CC(=O)OCC1O[C@H](Sc2ccc(OC(F)(F)F)cc2)C(OC(C)=O)[C@@H]([n+]2cc(-c3cc(F)c(F)c(F)c3)n[nH]2)[C@H]1OC(C)=O. The Bertz CT molecular complexity index is 1530. The van der Waals surface area contributed by atoms with E-state index in [4.69, 9.17) is 18.9 Å². The van der Waals surface area contributed by atoms with Crippen molar-refractivity contribution >= 4 is 29.7 Å². The molecule has 0 amide bonds. The van der Waals surface area contributed by atoms with Gasteiger partial charge >= 0.3 is 24.3 Å². The number of halogens is 6. The van der Waals surface area contributed by atoms with E-state index in [1.54, 1.807) is 0 Å². The van der Waals surface area contributed by atoms with Crippen LogP contribution in [0.1, 0.15) is 26.8 Å². The van der Waals surface area contributed by atoms with Crippen LogP contribution in [-0.4, -0.2) is 64.9 Å². The molecule has 1 saturated heterocycles. The maximum Gasteiger partial charge on any atom is 0.573 e. The number of aromatic nitrogens is 3. The van der Waals surface area contributed by atoms with Crippen molar-refractivity contribution in [3.8, 4) is 17.0 Å². The summed E-state index contributed by atoms with van der Waals surface area (Å²) in [6.07, 6.45) is -7.58. The molecule has 11 nitrogen and oxygen atoms in total. The molecule has 0 saturated carbocycles. The Balaban J connectivity index is 1.77. The molecule has 0 radical (unpaired) electrons. The second-order valence-electron chi connectivity index (χ2n) is 9.51. The van der Waals surface area contributed by atoms with Crippen molar-refractivity contribution in [1.29, 1.82) is 0 Å². The summed E-state index contributed by atoms with van der Waals surface area (Å²) in [5.41, 5.74) is -1.45. The first-order chi connectivity index (χ1) is 21.1. The molecule has 0 aliphatic carbocycles. The molecule has 2 aromatic carbocycles. The summed E-state index contributed by atoms with van der Waals surface area (Å²) in [5.74, 6) is -7.48. The molecule has 2 heterocycles.